The van der Waals surface area contributed by atoms with Crippen LogP contribution in [0.2, 0.25) is 0 Å². The van der Waals surface area contributed by atoms with Crippen molar-refractivity contribution >= 4 is 11.8 Å². The number of carbonyl (C=O) groups is 2. The van der Waals surface area contributed by atoms with Crippen LogP contribution in [0.1, 0.15) is 55.3 Å². The minimum atomic E-state index is -0.106. The van der Waals surface area contributed by atoms with E-state index in [0.717, 1.165) is 19.3 Å². The second-order valence-corrected chi connectivity index (χ2v) is 6.30. The molecule has 1 saturated carbocycles. The summed E-state index contributed by atoms with van der Waals surface area (Å²) in [5.74, 6) is -0.0797. The lowest BCUT2D eigenvalue weighted by molar-refractivity contribution is -0.122. The van der Waals surface area contributed by atoms with Gasteiger partial charge in [0, 0.05) is 39.3 Å². The van der Waals surface area contributed by atoms with Gasteiger partial charge in [-0.1, -0.05) is 19.3 Å². The van der Waals surface area contributed by atoms with Gasteiger partial charge in [-0.2, -0.15) is 0 Å². The molecule has 1 heterocycles. The van der Waals surface area contributed by atoms with Crippen molar-refractivity contribution in [3.63, 3.8) is 0 Å². The number of carbonyl (C=O) groups excluding carboxylic acids is 2. The Kier molecular flexibility index (Phi) is 7.82. The predicted molar refractivity (Wildman–Crippen MR) is 90.7 cm³/mol. The molecule has 0 atom stereocenters. The molecule has 1 aliphatic rings. The molecule has 1 N–H and O–H groups in total. The minimum Gasteiger partial charge on any atom is -0.472 e. The van der Waals surface area contributed by atoms with Gasteiger partial charge in [0.25, 0.3) is 5.91 Å². The third kappa shape index (κ3) is 6.00. The van der Waals surface area contributed by atoms with Crippen LogP contribution in [0.25, 0.3) is 0 Å². The Hall–Kier alpha value is -1.82. The quantitative estimate of drug-likeness (QED) is 0.704. The molecule has 0 aliphatic heterocycles. The van der Waals surface area contributed by atoms with Gasteiger partial charge in [-0.3, -0.25) is 9.59 Å². The van der Waals surface area contributed by atoms with Gasteiger partial charge in [-0.05, 0) is 25.3 Å². The summed E-state index contributed by atoms with van der Waals surface area (Å²) in [7, 11) is 1.64. The second kappa shape index (κ2) is 10.1. The van der Waals surface area contributed by atoms with E-state index in [4.69, 9.17) is 9.15 Å². The van der Waals surface area contributed by atoms with E-state index in [0.29, 0.717) is 37.7 Å². The molecule has 2 amide bonds. The van der Waals surface area contributed by atoms with E-state index in [-0.39, 0.29) is 11.8 Å². The van der Waals surface area contributed by atoms with E-state index in [1.807, 2.05) is 0 Å². The number of rotatable bonds is 9. The number of amides is 2. The average Bonchev–Trinajstić information content (AvgIpc) is 3.13. The number of hydrogen-bond donors (Lipinski definition) is 1. The Bertz CT molecular complexity index is 495. The van der Waals surface area contributed by atoms with Crippen molar-refractivity contribution in [2.75, 3.05) is 26.8 Å². The van der Waals surface area contributed by atoms with Crippen LogP contribution >= 0.6 is 0 Å². The molecule has 1 aliphatic carbocycles. The Morgan fingerprint density at radius 3 is 2.75 bits per heavy atom. The zero-order valence-corrected chi connectivity index (χ0v) is 14.5. The first-order chi connectivity index (χ1) is 11.7. The number of ether oxygens (including phenoxy) is 1. The van der Waals surface area contributed by atoms with Crippen LogP contribution in [0.3, 0.4) is 0 Å². The summed E-state index contributed by atoms with van der Waals surface area (Å²) in [5.41, 5.74) is 0.514. The maximum atomic E-state index is 12.5. The predicted octanol–water partition coefficient (Wildman–Crippen LogP) is 2.60. The molecule has 0 saturated heterocycles. The summed E-state index contributed by atoms with van der Waals surface area (Å²) < 4.78 is 10.0. The maximum absolute atomic E-state index is 12.5. The standard InChI is InChI=1S/C18H28N2O4/c1-23-12-5-10-20(18(22)15-9-13-24-14-15)11-8-17(21)19-16-6-3-2-4-7-16/h9,13-14,16H,2-8,10-12H2,1H3,(H,19,21). The molecule has 1 fully saturated rings. The maximum Gasteiger partial charge on any atom is 0.257 e. The van der Waals surface area contributed by atoms with Gasteiger partial charge in [0.2, 0.25) is 5.91 Å². The number of nitrogens with zero attached hydrogens (tertiary/aromatic N) is 1. The fourth-order valence-electron chi connectivity index (χ4n) is 3.07. The van der Waals surface area contributed by atoms with E-state index in [2.05, 4.69) is 5.32 Å². The highest BCUT2D eigenvalue weighted by Gasteiger charge is 2.19. The number of furan rings is 1. The SMILES string of the molecule is COCCCN(CCC(=O)NC1CCCCC1)C(=O)c1ccoc1. The zero-order chi connectivity index (χ0) is 17.2. The van der Waals surface area contributed by atoms with Crippen molar-refractivity contribution in [1.82, 2.24) is 10.2 Å². The van der Waals surface area contributed by atoms with Gasteiger partial charge >= 0.3 is 0 Å². The first-order valence-electron chi connectivity index (χ1n) is 8.80. The van der Waals surface area contributed by atoms with Crippen molar-refractivity contribution in [3.05, 3.63) is 24.2 Å². The molecule has 0 aromatic carbocycles. The molecule has 1 aromatic rings. The van der Waals surface area contributed by atoms with Crippen LogP contribution < -0.4 is 5.32 Å². The first kappa shape index (κ1) is 18.5. The highest BCUT2D eigenvalue weighted by Crippen LogP contribution is 2.17. The van der Waals surface area contributed by atoms with Gasteiger partial charge in [-0.25, -0.2) is 0 Å². The molecule has 2 rings (SSSR count). The van der Waals surface area contributed by atoms with Crippen LogP contribution in [-0.4, -0.2) is 49.6 Å². The molecule has 134 valence electrons. The van der Waals surface area contributed by atoms with Crippen LogP contribution in [0.4, 0.5) is 0 Å². The molecule has 0 bridgehead atoms. The molecule has 0 radical (unpaired) electrons. The van der Waals surface area contributed by atoms with Gasteiger partial charge in [0.15, 0.2) is 0 Å². The number of methoxy groups -OCH3 is 1. The summed E-state index contributed by atoms with van der Waals surface area (Å²) in [4.78, 5) is 26.4. The van der Waals surface area contributed by atoms with E-state index in [1.54, 1.807) is 18.1 Å². The van der Waals surface area contributed by atoms with Gasteiger partial charge in [-0.15, -0.1) is 0 Å². The van der Waals surface area contributed by atoms with Crippen molar-refractivity contribution in [1.29, 1.82) is 0 Å². The lowest BCUT2D eigenvalue weighted by Crippen LogP contribution is -2.40. The lowest BCUT2D eigenvalue weighted by Gasteiger charge is -2.25. The highest BCUT2D eigenvalue weighted by molar-refractivity contribution is 5.94. The van der Waals surface area contributed by atoms with E-state index in [9.17, 15) is 9.59 Å². The molecule has 0 unspecified atom stereocenters. The van der Waals surface area contributed by atoms with Crippen LogP contribution in [-0.2, 0) is 9.53 Å². The third-order valence-electron chi connectivity index (χ3n) is 4.41. The normalized spacial score (nSPS) is 15.2. The summed E-state index contributed by atoms with van der Waals surface area (Å²) in [6.45, 7) is 1.56. The smallest absolute Gasteiger partial charge is 0.257 e. The Balaban J connectivity index is 1.82. The molecule has 6 nitrogen and oxygen atoms in total. The molecular weight excluding hydrogens is 308 g/mol. The van der Waals surface area contributed by atoms with Crippen molar-refractivity contribution < 1.29 is 18.7 Å². The largest absolute Gasteiger partial charge is 0.472 e. The highest BCUT2D eigenvalue weighted by atomic mass is 16.5. The number of hydrogen-bond acceptors (Lipinski definition) is 4. The third-order valence-corrected chi connectivity index (χ3v) is 4.41. The average molecular weight is 336 g/mol. The van der Waals surface area contributed by atoms with Crippen LogP contribution in [0.5, 0.6) is 0 Å². The van der Waals surface area contributed by atoms with Gasteiger partial charge in [0.05, 0.1) is 11.8 Å². The fraction of sp³-hybridized carbons (Fsp3) is 0.667. The van der Waals surface area contributed by atoms with Gasteiger partial charge < -0.3 is 19.4 Å². The summed E-state index contributed by atoms with van der Waals surface area (Å²) in [6, 6.07) is 1.95. The van der Waals surface area contributed by atoms with E-state index in [1.165, 1.54) is 31.8 Å². The number of nitrogens with one attached hydrogen (secondary N) is 1. The molecule has 0 spiro atoms. The van der Waals surface area contributed by atoms with E-state index < -0.39 is 0 Å². The van der Waals surface area contributed by atoms with Crippen molar-refractivity contribution in [3.8, 4) is 0 Å². The van der Waals surface area contributed by atoms with Gasteiger partial charge in [0.1, 0.15) is 6.26 Å². The molecule has 1 aromatic heterocycles. The summed E-state index contributed by atoms with van der Waals surface area (Å²) >= 11 is 0. The molecule has 6 heteroatoms. The molecular formula is C18H28N2O4. The van der Waals surface area contributed by atoms with Crippen LogP contribution in [0.15, 0.2) is 23.0 Å². The summed E-state index contributed by atoms with van der Waals surface area (Å²) in [6.07, 6.45) is 9.76. The Morgan fingerprint density at radius 2 is 2.08 bits per heavy atom. The fourth-order valence-corrected chi connectivity index (χ4v) is 3.07. The van der Waals surface area contributed by atoms with E-state index >= 15 is 0 Å². The second-order valence-electron chi connectivity index (χ2n) is 6.30. The van der Waals surface area contributed by atoms with Crippen LogP contribution in [0, 0.1) is 0 Å². The topological polar surface area (TPSA) is 71.8 Å². The van der Waals surface area contributed by atoms with Crippen molar-refractivity contribution in [2.24, 2.45) is 0 Å². The molecule has 24 heavy (non-hydrogen) atoms. The minimum absolute atomic E-state index is 0.0265. The van der Waals surface area contributed by atoms with Crippen molar-refractivity contribution in [2.45, 2.75) is 51.0 Å². The lowest BCUT2D eigenvalue weighted by atomic mass is 9.95. The monoisotopic (exact) mass is 336 g/mol. The zero-order valence-electron chi connectivity index (χ0n) is 14.5. The Morgan fingerprint density at radius 1 is 1.29 bits per heavy atom. The first-order valence-corrected chi connectivity index (χ1v) is 8.80. The Labute approximate surface area is 143 Å². The summed E-state index contributed by atoms with van der Waals surface area (Å²) in [5, 5.41) is 3.10.